The number of carbonyl (C=O) groups excluding carboxylic acids is 1. The van der Waals surface area contributed by atoms with E-state index >= 15 is 0 Å². The van der Waals surface area contributed by atoms with Gasteiger partial charge in [0.1, 0.15) is 18.2 Å². The van der Waals surface area contributed by atoms with Gasteiger partial charge in [0.15, 0.2) is 5.78 Å². The molecule has 2 nitrogen and oxygen atoms in total. The van der Waals surface area contributed by atoms with Gasteiger partial charge in [-0.1, -0.05) is 19.1 Å². The van der Waals surface area contributed by atoms with Crippen LogP contribution in [0.15, 0.2) is 42.5 Å². The Balaban J connectivity index is 2.04. The van der Waals surface area contributed by atoms with E-state index in [0.29, 0.717) is 13.0 Å². The molecule has 2 aromatic carbocycles. The Bertz CT molecular complexity index is 618. The van der Waals surface area contributed by atoms with Gasteiger partial charge in [-0.2, -0.15) is 0 Å². The van der Waals surface area contributed by atoms with Crippen LogP contribution in [0.4, 0.5) is 4.39 Å². The van der Waals surface area contributed by atoms with E-state index in [1.807, 2.05) is 26.0 Å². The number of benzene rings is 2. The number of ether oxygens (including phenoxy) is 1. The van der Waals surface area contributed by atoms with Crippen molar-refractivity contribution in [2.24, 2.45) is 0 Å². The van der Waals surface area contributed by atoms with E-state index < -0.39 is 0 Å². The molecule has 0 aliphatic carbocycles. The van der Waals surface area contributed by atoms with Gasteiger partial charge in [-0.15, -0.1) is 0 Å². The zero-order chi connectivity index (χ0) is 15.2. The summed E-state index contributed by atoms with van der Waals surface area (Å²) in [5, 5.41) is 0. The molecule has 0 saturated carbocycles. The molecule has 0 aliphatic heterocycles. The first kappa shape index (κ1) is 15.2. The Morgan fingerprint density at radius 2 is 1.86 bits per heavy atom. The summed E-state index contributed by atoms with van der Waals surface area (Å²) in [7, 11) is 0. The summed E-state index contributed by atoms with van der Waals surface area (Å²) in [6.45, 7) is 4.29. The molecule has 0 N–H and O–H groups in total. The molecule has 0 saturated heterocycles. The van der Waals surface area contributed by atoms with Crippen molar-refractivity contribution < 1.29 is 13.9 Å². The van der Waals surface area contributed by atoms with Crippen LogP contribution in [0.2, 0.25) is 0 Å². The monoisotopic (exact) mass is 286 g/mol. The third kappa shape index (κ3) is 4.15. The number of hydrogen-bond donors (Lipinski definition) is 0. The van der Waals surface area contributed by atoms with Crippen LogP contribution in [0, 0.1) is 12.7 Å². The largest absolute Gasteiger partial charge is 0.489 e. The minimum atomic E-state index is -0.256. The zero-order valence-corrected chi connectivity index (χ0v) is 12.4. The quantitative estimate of drug-likeness (QED) is 0.720. The molecule has 0 spiro atoms. The van der Waals surface area contributed by atoms with E-state index in [1.165, 1.54) is 12.1 Å². The molecule has 0 atom stereocenters. The standard InChI is InChI=1S/C18H19FO2/c1-3-4-17(20)15-7-10-18(13(2)11-15)21-12-14-5-8-16(19)9-6-14/h5-11H,3-4,12H2,1-2H3. The highest BCUT2D eigenvalue weighted by Crippen LogP contribution is 2.21. The first-order chi connectivity index (χ1) is 10.1. The Morgan fingerprint density at radius 3 is 2.48 bits per heavy atom. The third-order valence-corrected chi connectivity index (χ3v) is 3.28. The van der Waals surface area contributed by atoms with E-state index in [0.717, 1.165) is 28.9 Å². The lowest BCUT2D eigenvalue weighted by molar-refractivity contribution is 0.0981. The van der Waals surface area contributed by atoms with Crippen molar-refractivity contribution in [3.8, 4) is 5.75 Å². The lowest BCUT2D eigenvalue weighted by Crippen LogP contribution is -2.01. The predicted octanol–water partition coefficient (Wildman–Crippen LogP) is 4.70. The fourth-order valence-corrected chi connectivity index (χ4v) is 2.10. The summed E-state index contributed by atoms with van der Waals surface area (Å²) in [5.41, 5.74) is 2.56. The maximum Gasteiger partial charge on any atom is 0.162 e. The van der Waals surface area contributed by atoms with Gasteiger partial charge in [0.25, 0.3) is 0 Å². The summed E-state index contributed by atoms with van der Waals surface area (Å²) in [5.74, 6) is 0.645. The molecule has 2 aromatic rings. The summed E-state index contributed by atoms with van der Waals surface area (Å²) in [4.78, 5) is 11.8. The van der Waals surface area contributed by atoms with Crippen LogP contribution in [0.25, 0.3) is 0 Å². The van der Waals surface area contributed by atoms with Crippen molar-refractivity contribution in [2.75, 3.05) is 0 Å². The van der Waals surface area contributed by atoms with Crippen LogP contribution < -0.4 is 4.74 Å². The smallest absolute Gasteiger partial charge is 0.162 e. The van der Waals surface area contributed by atoms with Gasteiger partial charge in [-0.3, -0.25) is 4.79 Å². The molecule has 3 heteroatoms. The lowest BCUT2D eigenvalue weighted by Gasteiger charge is -2.10. The fraction of sp³-hybridized carbons (Fsp3) is 0.278. The van der Waals surface area contributed by atoms with Crippen molar-refractivity contribution in [2.45, 2.75) is 33.3 Å². The number of halogens is 1. The molecule has 0 fully saturated rings. The highest BCUT2D eigenvalue weighted by atomic mass is 19.1. The van der Waals surface area contributed by atoms with Gasteiger partial charge in [0.2, 0.25) is 0 Å². The number of aryl methyl sites for hydroxylation is 1. The van der Waals surface area contributed by atoms with Gasteiger partial charge in [0.05, 0.1) is 0 Å². The van der Waals surface area contributed by atoms with Crippen LogP contribution in [-0.4, -0.2) is 5.78 Å². The molecular formula is C18H19FO2. The zero-order valence-electron chi connectivity index (χ0n) is 12.4. The SMILES string of the molecule is CCCC(=O)c1ccc(OCc2ccc(F)cc2)c(C)c1. The molecule has 21 heavy (non-hydrogen) atoms. The van der Waals surface area contributed by atoms with Crippen molar-refractivity contribution in [3.63, 3.8) is 0 Å². The molecule has 110 valence electrons. The van der Waals surface area contributed by atoms with Crippen LogP contribution in [0.3, 0.4) is 0 Å². The van der Waals surface area contributed by atoms with E-state index in [2.05, 4.69) is 0 Å². The Labute approximate surface area is 124 Å². The van der Waals surface area contributed by atoms with E-state index in [-0.39, 0.29) is 11.6 Å². The Morgan fingerprint density at radius 1 is 1.14 bits per heavy atom. The van der Waals surface area contributed by atoms with Gasteiger partial charge in [-0.25, -0.2) is 4.39 Å². The molecule has 0 bridgehead atoms. The van der Waals surface area contributed by atoms with Gasteiger partial charge >= 0.3 is 0 Å². The van der Waals surface area contributed by atoms with Crippen LogP contribution in [-0.2, 0) is 6.61 Å². The van der Waals surface area contributed by atoms with Crippen molar-refractivity contribution in [1.29, 1.82) is 0 Å². The van der Waals surface area contributed by atoms with Crippen molar-refractivity contribution >= 4 is 5.78 Å². The third-order valence-electron chi connectivity index (χ3n) is 3.28. The molecule has 0 aromatic heterocycles. The normalized spacial score (nSPS) is 10.4. The number of hydrogen-bond acceptors (Lipinski definition) is 2. The second kappa shape index (κ2) is 7.02. The van der Waals surface area contributed by atoms with Gasteiger partial charge < -0.3 is 4.74 Å². The van der Waals surface area contributed by atoms with Gasteiger partial charge in [-0.05, 0) is 54.8 Å². The predicted molar refractivity (Wildman–Crippen MR) is 81.1 cm³/mol. The maximum absolute atomic E-state index is 12.8. The topological polar surface area (TPSA) is 26.3 Å². The summed E-state index contributed by atoms with van der Waals surface area (Å²) < 4.78 is 18.5. The Kier molecular flexibility index (Phi) is 5.09. The number of carbonyl (C=O) groups is 1. The summed E-state index contributed by atoms with van der Waals surface area (Å²) in [6.07, 6.45) is 1.41. The molecule has 0 unspecified atom stereocenters. The van der Waals surface area contributed by atoms with E-state index in [9.17, 15) is 9.18 Å². The summed E-state index contributed by atoms with van der Waals surface area (Å²) >= 11 is 0. The highest BCUT2D eigenvalue weighted by molar-refractivity contribution is 5.96. The van der Waals surface area contributed by atoms with Crippen molar-refractivity contribution in [3.05, 3.63) is 65.0 Å². The maximum atomic E-state index is 12.8. The average Bonchev–Trinajstić information content (AvgIpc) is 2.48. The van der Waals surface area contributed by atoms with E-state index in [1.54, 1.807) is 18.2 Å². The van der Waals surface area contributed by atoms with Crippen LogP contribution in [0.1, 0.15) is 41.3 Å². The molecule has 2 rings (SSSR count). The second-order valence-corrected chi connectivity index (χ2v) is 5.07. The van der Waals surface area contributed by atoms with E-state index in [4.69, 9.17) is 4.74 Å². The minimum absolute atomic E-state index is 0.158. The molecule has 0 radical (unpaired) electrons. The second-order valence-electron chi connectivity index (χ2n) is 5.07. The average molecular weight is 286 g/mol. The summed E-state index contributed by atoms with van der Waals surface area (Å²) in [6, 6.07) is 11.7. The van der Waals surface area contributed by atoms with Crippen LogP contribution >= 0.6 is 0 Å². The fourth-order valence-electron chi connectivity index (χ4n) is 2.10. The Hall–Kier alpha value is -2.16. The molecule has 0 amide bonds. The number of Topliss-reactive ketones (excluding diaryl/α,β-unsaturated/α-hetero) is 1. The lowest BCUT2D eigenvalue weighted by atomic mass is 10.0. The highest BCUT2D eigenvalue weighted by Gasteiger charge is 2.08. The number of rotatable bonds is 6. The first-order valence-electron chi connectivity index (χ1n) is 7.11. The van der Waals surface area contributed by atoms with Crippen LogP contribution in [0.5, 0.6) is 5.75 Å². The first-order valence-corrected chi connectivity index (χ1v) is 7.11. The molecule has 0 heterocycles. The number of ketones is 1. The molecular weight excluding hydrogens is 267 g/mol. The van der Waals surface area contributed by atoms with Crippen molar-refractivity contribution in [1.82, 2.24) is 0 Å². The molecule has 0 aliphatic rings. The van der Waals surface area contributed by atoms with Gasteiger partial charge in [0, 0.05) is 12.0 Å². The minimum Gasteiger partial charge on any atom is -0.489 e.